The van der Waals surface area contributed by atoms with Gasteiger partial charge in [-0.25, -0.2) is 4.79 Å². The molecule has 4 heterocycles. The van der Waals surface area contributed by atoms with E-state index in [2.05, 4.69) is 31.3 Å². The minimum Gasteiger partial charge on any atom is -0.444 e. The highest BCUT2D eigenvalue weighted by atomic mass is 79.9. The minimum absolute atomic E-state index is 0.0134. The van der Waals surface area contributed by atoms with E-state index in [1.54, 1.807) is 42.0 Å². The Labute approximate surface area is 256 Å². The molecule has 0 aliphatic carbocycles. The average Bonchev–Trinajstić information content (AvgIpc) is 3.39. The van der Waals surface area contributed by atoms with Gasteiger partial charge in [0, 0.05) is 24.0 Å². The van der Waals surface area contributed by atoms with Crippen molar-refractivity contribution in [2.24, 2.45) is 0 Å². The smallest absolute Gasteiger partial charge is 0.416 e. The summed E-state index contributed by atoms with van der Waals surface area (Å²) in [6.45, 7) is 7.77. The molecule has 226 valence electrons. The Kier molecular flexibility index (Phi) is 7.84. The molecule has 2 aromatic heterocycles. The number of amides is 2. The summed E-state index contributed by atoms with van der Waals surface area (Å²) in [6.07, 6.45) is -4.03. The van der Waals surface area contributed by atoms with Crippen LogP contribution in [0.4, 0.5) is 23.7 Å². The Morgan fingerprint density at radius 1 is 1.24 bits per heavy atom. The number of fused-ring (bicyclic) bond motifs is 3. The fraction of sp³-hybridized carbons (Fsp3) is 0.500. The van der Waals surface area contributed by atoms with Gasteiger partial charge in [0.15, 0.2) is 0 Å². The third-order valence-electron chi connectivity index (χ3n) is 7.10. The van der Waals surface area contributed by atoms with Crippen LogP contribution in [0.5, 0.6) is 0 Å². The number of halogens is 5. The first-order valence-corrected chi connectivity index (χ1v) is 15.1. The molecule has 1 spiro atoms. The van der Waals surface area contributed by atoms with Crippen LogP contribution < -0.4 is 10.9 Å². The van der Waals surface area contributed by atoms with Crippen molar-refractivity contribution in [1.29, 1.82) is 0 Å². The molecule has 1 aromatic carbocycles. The third-order valence-corrected chi connectivity index (χ3v) is 9.39. The second-order valence-corrected chi connectivity index (χ2v) is 14.0. The van der Waals surface area contributed by atoms with Gasteiger partial charge in [-0.1, -0.05) is 11.6 Å². The van der Waals surface area contributed by atoms with Crippen molar-refractivity contribution in [2.45, 2.75) is 68.9 Å². The minimum atomic E-state index is -4.58. The van der Waals surface area contributed by atoms with E-state index in [1.807, 2.05) is 6.92 Å². The van der Waals surface area contributed by atoms with E-state index in [0.717, 1.165) is 22.7 Å². The zero-order valence-corrected chi connectivity index (χ0v) is 26.2. The molecule has 1 unspecified atom stereocenters. The fourth-order valence-electron chi connectivity index (χ4n) is 5.38. The van der Waals surface area contributed by atoms with Gasteiger partial charge in [0.05, 0.1) is 26.6 Å². The van der Waals surface area contributed by atoms with Crippen LogP contribution in [-0.4, -0.2) is 54.8 Å². The maximum Gasteiger partial charge on any atom is 0.416 e. The zero-order chi connectivity index (χ0) is 30.8. The molecule has 1 atom stereocenters. The number of hydrogen-bond acceptors (Lipinski definition) is 7. The number of benzene rings is 1. The van der Waals surface area contributed by atoms with Gasteiger partial charge in [-0.05, 0) is 74.7 Å². The number of alkyl halides is 3. The van der Waals surface area contributed by atoms with E-state index in [1.165, 1.54) is 0 Å². The first kappa shape index (κ1) is 30.7. The Bertz CT molecular complexity index is 1650. The van der Waals surface area contributed by atoms with Gasteiger partial charge in [-0.3, -0.25) is 9.59 Å². The van der Waals surface area contributed by atoms with Crippen molar-refractivity contribution in [3.8, 4) is 0 Å². The number of ether oxygens (including phenoxy) is 1. The number of hydrogen-bond donors (Lipinski definition) is 1. The van der Waals surface area contributed by atoms with Crippen molar-refractivity contribution in [1.82, 2.24) is 24.1 Å². The molecule has 5 rings (SSSR count). The highest BCUT2D eigenvalue weighted by Gasteiger charge is 2.50. The summed E-state index contributed by atoms with van der Waals surface area (Å²) in [4.78, 5) is 45.7. The summed E-state index contributed by atoms with van der Waals surface area (Å²) in [7, 11) is 0. The monoisotopic (exact) mass is 690 g/mol. The van der Waals surface area contributed by atoms with Gasteiger partial charge >= 0.3 is 12.3 Å². The molecule has 1 fully saturated rings. The predicted molar refractivity (Wildman–Crippen MR) is 155 cm³/mol. The third kappa shape index (κ3) is 5.74. The standard InChI is InChI=1S/C26H27BrClF3N6O4S/c1-13-19-18(25(42-13)7-9-35(10-8-25)23(40)41-24(2,3)4)20(39)37-22(33-21(27)34-37)36(19)12-17(38)32-16-6-5-14(11-15(16)28)26(29,30)31/h5-6,11,13H,7-10,12H2,1-4H3,(H,32,38). The molecular formula is C26H27BrClF3N6O4S. The lowest BCUT2D eigenvalue weighted by Crippen LogP contribution is -2.47. The number of carbonyl (C=O) groups excluding carboxylic acids is 2. The second-order valence-electron chi connectivity index (χ2n) is 11.2. The normalized spacial score (nSPS) is 18.4. The van der Waals surface area contributed by atoms with E-state index >= 15 is 0 Å². The first-order valence-electron chi connectivity index (χ1n) is 13.0. The van der Waals surface area contributed by atoms with Gasteiger partial charge in [0.25, 0.3) is 5.56 Å². The molecule has 2 amide bonds. The molecule has 0 radical (unpaired) electrons. The molecule has 0 saturated carbocycles. The zero-order valence-electron chi connectivity index (χ0n) is 23.0. The summed E-state index contributed by atoms with van der Waals surface area (Å²) in [5.41, 5.74) is -0.818. The van der Waals surface area contributed by atoms with Gasteiger partial charge in [-0.15, -0.1) is 16.9 Å². The average molecular weight is 692 g/mol. The van der Waals surface area contributed by atoms with Crippen molar-refractivity contribution in [2.75, 3.05) is 18.4 Å². The number of thioether (sulfide) groups is 1. The molecule has 1 saturated heterocycles. The molecular weight excluding hydrogens is 665 g/mol. The number of piperidine rings is 1. The summed E-state index contributed by atoms with van der Waals surface area (Å²) < 4.78 is 46.9. The van der Waals surface area contributed by atoms with Crippen molar-refractivity contribution >= 4 is 62.8 Å². The van der Waals surface area contributed by atoms with E-state index in [4.69, 9.17) is 16.3 Å². The second kappa shape index (κ2) is 10.7. The number of aromatic nitrogens is 4. The Balaban J connectivity index is 1.48. The maximum atomic E-state index is 13.8. The molecule has 0 bridgehead atoms. The quantitative estimate of drug-likeness (QED) is 0.359. The summed E-state index contributed by atoms with van der Waals surface area (Å²) in [5.74, 6) is -0.448. The summed E-state index contributed by atoms with van der Waals surface area (Å²) in [6, 6.07) is 2.67. The van der Waals surface area contributed by atoms with Crippen LogP contribution in [0.3, 0.4) is 0 Å². The Hall–Kier alpha value is -2.78. The highest BCUT2D eigenvalue weighted by Crippen LogP contribution is 2.58. The van der Waals surface area contributed by atoms with Crippen LogP contribution in [0.15, 0.2) is 27.7 Å². The molecule has 2 aliphatic rings. The van der Waals surface area contributed by atoms with Crippen LogP contribution in [0.1, 0.15) is 62.6 Å². The van der Waals surface area contributed by atoms with Crippen LogP contribution >= 0.6 is 39.3 Å². The van der Waals surface area contributed by atoms with Gasteiger partial charge < -0.3 is 19.5 Å². The lowest BCUT2D eigenvalue weighted by molar-refractivity contribution is -0.137. The van der Waals surface area contributed by atoms with Crippen LogP contribution in [-0.2, 0) is 27.0 Å². The van der Waals surface area contributed by atoms with E-state index in [9.17, 15) is 27.6 Å². The lowest BCUT2D eigenvalue weighted by atomic mass is 9.87. The number of likely N-dealkylation sites (tertiary alicyclic amines) is 1. The predicted octanol–water partition coefficient (Wildman–Crippen LogP) is 6.00. The molecule has 1 N–H and O–H groups in total. The van der Waals surface area contributed by atoms with Crippen LogP contribution in [0.25, 0.3) is 5.78 Å². The molecule has 10 nitrogen and oxygen atoms in total. The van der Waals surface area contributed by atoms with Crippen molar-refractivity contribution < 1.29 is 27.5 Å². The van der Waals surface area contributed by atoms with Gasteiger partial charge in [0.2, 0.25) is 16.4 Å². The van der Waals surface area contributed by atoms with E-state index in [-0.39, 0.29) is 38.6 Å². The molecule has 42 heavy (non-hydrogen) atoms. The topological polar surface area (TPSA) is 111 Å². The number of nitrogens with zero attached hydrogens (tertiary/aromatic N) is 5. The summed E-state index contributed by atoms with van der Waals surface area (Å²) >= 11 is 10.9. The molecule has 3 aromatic rings. The van der Waals surface area contributed by atoms with Gasteiger partial charge in [0.1, 0.15) is 12.1 Å². The SMILES string of the molecule is CC1SC2(CCN(C(=O)OC(C)(C)C)CC2)c2c1n(CC(=O)Nc1ccc(C(F)(F)F)cc1Cl)c1nc(Br)nn1c2=O. The van der Waals surface area contributed by atoms with Crippen LogP contribution in [0.2, 0.25) is 5.02 Å². The van der Waals surface area contributed by atoms with Crippen molar-refractivity contribution in [3.63, 3.8) is 0 Å². The molecule has 16 heteroatoms. The number of nitrogens with one attached hydrogen (secondary N) is 1. The fourth-order valence-corrected chi connectivity index (χ4v) is 7.69. The van der Waals surface area contributed by atoms with Gasteiger partial charge in [-0.2, -0.15) is 22.7 Å². The highest BCUT2D eigenvalue weighted by molar-refractivity contribution is 9.10. The number of carbonyl (C=O) groups is 2. The number of rotatable bonds is 3. The largest absolute Gasteiger partial charge is 0.444 e. The summed E-state index contributed by atoms with van der Waals surface area (Å²) in [5, 5.41) is 6.29. The Morgan fingerprint density at radius 2 is 1.90 bits per heavy atom. The first-order chi connectivity index (χ1) is 19.5. The number of anilines is 1. The van der Waals surface area contributed by atoms with Crippen molar-refractivity contribution in [3.05, 3.63) is 55.1 Å². The van der Waals surface area contributed by atoms with E-state index in [0.29, 0.717) is 37.2 Å². The van der Waals surface area contributed by atoms with Crippen LogP contribution in [0, 0.1) is 0 Å². The lowest BCUT2D eigenvalue weighted by Gasteiger charge is -2.39. The maximum absolute atomic E-state index is 13.8. The Morgan fingerprint density at radius 3 is 2.50 bits per heavy atom. The van der Waals surface area contributed by atoms with E-state index < -0.39 is 34.1 Å². The molecule has 2 aliphatic heterocycles.